The molecule has 1 aliphatic rings. The van der Waals surface area contributed by atoms with Gasteiger partial charge in [0.05, 0.1) is 11.6 Å². The second-order valence-electron chi connectivity index (χ2n) is 4.50. The standard InChI is InChI=1S/C13H9F3N4O2/c1-7-9(6-17)12(11(22)19-7,13(14,15)16)20-10(21)8-2-4-18-5-3-8/h2-5H,1H3,(H,19,22)(H,20,21). The summed E-state index contributed by atoms with van der Waals surface area (Å²) < 4.78 is 40.4. The maximum absolute atomic E-state index is 13.5. The van der Waals surface area contributed by atoms with Crippen molar-refractivity contribution in [3.05, 3.63) is 41.4 Å². The molecule has 9 heteroatoms. The van der Waals surface area contributed by atoms with E-state index in [2.05, 4.69) is 4.98 Å². The van der Waals surface area contributed by atoms with Crippen molar-refractivity contribution in [1.29, 1.82) is 5.26 Å². The number of alkyl halides is 3. The van der Waals surface area contributed by atoms with Crippen molar-refractivity contribution in [1.82, 2.24) is 15.6 Å². The summed E-state index contributed by atoms with van der Waals surface area (Å²) in [5.74, 6) is -2.66. The van der Waals surface area contributed by atoms with Gasteiger partial charge in [0.25, 0.3) is 17.4 Å². The van der Waals surface area contributed by atoms with Gasteiger partial charge in [0.2, 0.25) is 0 Å². The molecule has 0 fully saturated rings. The van der Waals surface area contributed by atoms with Crippen LogP contribution in [0.2, 0.25) is 0 Å². The number of allylic oxidation sites excluding steroid dienone is 1. The van der Waals surface area contributed by atoms with Crippen molar-refractivity contribution in [2.24, 2.45) is 0 Å². The smallest absolute Gasteiger partial charge is 0.326 e. The fourth-order valence-corrected chi connectivity index (χ4v) is 2.10. The number of hydrogen-bond donors (Lipinski definition) is 2. The lowest BCUT2D eigenvalue weighted by Gasteiger charge is -2.30. The Labute approximate surface area is 122 Å². The predicted molar refractivity (Wildman–Crippen MR) is 66.9 cm³/mol. The maximum Gasteiger partial charge on any atom is 0.425 e. The summed E-state index contributed by atoms with van der Waals surface area (Å²) in [5, 5.41) is 12.6. The Hall–Kier alpha value is -2.89. The first-order valence-electron chi connectivity index (χ1n) is 5.96. The minimum atomic E-state index is -5.18. The number of aromatic nitrogens is 1. The molecule has 0 radical (unpaired) electrons. The van der Waals surface area contributed by atoms with Gasteiger partial charge < -0.3 is 10.6 Å². The lowest BCUT2D eigenvalue weighted by atomic mass is 9.90. The van der Waals surface area contributed by atoms with Gasteiger partial charge in [0, 0.05) is 23.7 Å². The van der Waals surface area contributed by atoms with Crippen molar-refractivity contribution < 1.29 is 22.8 Å². The predicted octanol–water partition coefficient (Wildman–Crippen LogP) is 1.04. The third-order valence-corrected chi connectivity index (χ3v) is 3.17. The van der Waals surface area contributed by atoms with E-state index in [1.165, 1.54) is 30.6 Å². The molecule has 0 saturated carbocycles. The molecule has 0 spiro atoms. The lowest BCUT2D eigenvalue weighted by Crippen LogP contribution is -2.64. The van der Waals surface area contributed by atoms with Crippen molar-refractivity contribution in [3.63, 3.8) is 0 Å². The summed E-state index contributed by atoms with van der Waals surface area (Å²) in [6.07, 6.45) is -2.74. The zero-order valence-electron chi connectivity index (χ0n) is 11.2. The van der Waals surface area contributed by atoms with Crippen molar-refractivity contribution in [2.75, 3.05) is 0 Å². The van der Waals surface area contributed by atoms with E-state index in [-0.39, 0.29) is 11.3 Å². The normalized spacial score (nSPS) is 21.3. The maximum atomic E-state index is 13.5. The van der Waals surface area contributed by atoms with E-state index in [4.69, 9.17) is 5.26 Å². The third-order valence-electron chi connectivity index (χ3n) is 3.17. The van der Waals surface area contributed by atoms with Gasteiger partial charge in [-0.15, -0.1) is 0 Å². The van der Waals surface area contributed by atoms with E-state index < -0.39 is 29.1 Å². The van der Waals surface area contributed by atoms with Crippen LogP contribution in [0, 0.1) is 11.3 Å². The lowest BCUT2D eigenvalue weighted by molar-refractivity contribution is -0.184. The minimum Gasteiger partial charge on any atom is -0.326 e. The summed E-state index contributed by atoms with van der Waals surface area (Å²) in [6, 6.07) is 3.73. The van der Waals surface area contributed by atoms with Gasteiger partial charge in [0.15, 0.2) is 0 Å². The van der Waals surface area contributed by atoms with Gasteiger partial charge in [-0.25, -0.2) is 0 Å². The summed E-state index contributed by atoms with van der Waals surface area (Å²) in [7, 11) is 0. The number of pyridine rings is 1. The van der Waals surface area contributed by atoms with E-state index in [9.17, 15) is 22.8 Å². The SMILES string of the molecule is CC1=C(C#N)C(NC(=O)c2ccncc2)(C(F)(F)F)C(=O)N1. The second-order valence-corrected chi connectivity index (χ2v) is 4.50. The molecule has 0 bridgehead atoms. The highest BCUT2D eigenvalue weighted by Gasteiger charge is 2.67. The van der Waals surface area contributed by atoms with Crippen LogP contribution < -0.4 is 10.6 Å². The van der Waals surface area contributed by atoms with E-state index >= 15 is 0 Å². The molecule has 1 aromatic rings. The van der Waals surface area contributed by atoms with Gasteiger partial charge in [-0.05, 0) is 19.1 Å². The Morgan fingerprint density at radius 2 is 2.00 bits per heavy atom. The molecule has 1 aliphatic heterocycles. The molecule has 1 atom stereocenters. The average molecular weight is 310 g/mol. The Kier molecular flexibility index (Phi) is 3.62. The molecular weight excluding hydrogens is 301 g/mol. The molecule has 0 aliphatic carbocycles. The van der Waals surface area contributed by atoms with Crippen LogP contribution in [-0.4, -0.2) is 28.5 Å². The first kappa shape index (κ1) is 15.5. The number of amides is 2. The van der Waals surface area contributed by atoms with E-state index in [1.807, 2.05) is 5.32 Å². The molecule has 2 N–H and O–H groups in total. The molecule has 6 nitrogen and oxygen atoms in total. The van der Waals surface area contributed by atoms with Gasteiger partial charge in [-0.2, -0.15) is 18.4 Å². The van der Waals surface area contributed by atoms with Gasteiger partial charge in [-0.3, -0.25) is 14.6 Å². The molecule has 2 rings (SSSR count). The molecule has 114 valence electrons. The van der Waals surface area contributed by atoms with E-state index in [0.29, 0.717) is 0 Å². The summed E-state index contributed by atoms with van der Waals surface area (Å²) in [4.78, 5) is 27.5. The fraction of sp³-hybridized carbons (Fsp3) is 0.231. The number of nitrogens with zero attached hydrogens (tertiary/aromatic N) is 2. The number of hydrogen-bond acceptors (Lipinski definition) is 4. The number of nitriles is 1. The van der Waals surface area contributed by atoms with Crippen LogP contribution in [0.25, 0.3) is 0 Å². The number of rotatable bonds is 2. The van der Waals surface area contributed by atoms with Crippen LogP contribution in [0.15, 0.2) is 35.8 Å². The highest BCUT2D eigenvalue weighted by Crippen LogP contribution is 2.40. The number of halogens is 3. The highest BCUT2D eigenvalue weighted by molar-refractivity contribution is 6.04. The van der Waals surface area contributed by atoms with Crippen LogP contribution in [0.1, 0.15) is 17.3 Å². The van der Waals surface area contributed by atoms with E-state index in [1.54, 1.807) is 5.32 Å². The highest BCUT2D eigenvalue weighted by atomic mass is 19.4. The Bertz CT molecular complexity index is 706. The van der Waals surface area contributed by atoms with Crippen molar-refractivity contribution in [2.45, 2.75) is 18.6 Å². The largest absolute Gasteiger partial charge is 0.425 e. The monoisotopic (exact) mass is 310 g/mol. The van der Waals surface area contributed by atoms with E-state index in [0.717, 1.165) is 6.92 Å². The van der Waals surface area contributed by atoms with Crippen LogP contribution >= 0.6 is 0 Å². The van der Waals surface area contributed by atoms with Crippen LogP contribution in [0.4, 0.5) is 13.2 Å². The van der Waals surface area contributed by atoms with Crippen molar-refractivity contribution in [3.8, 4) is 6.07 Å². The summed E-state index contributed by atoms with van der Waals surface area (Å²) in [6.45, 7) is 1.16. The summed E-state index contributed by atoms with van der Waals surface area (Å²) in [5.41, 5.74) is -4.65. The molecule has 0 aromatic carbocycles. The first-order chi connectivity index (χ1) is 10.2. The third kappa shape index (κ3) is 2.18. The topological polar surface area (TPSA) is 94.9 Å². The molecule has 1 aromatic heterocycles. The van der Waals surface area contributed by atoms with Crippen LogP contribution in [0.5, 0.6) is 0 Å². The van der Waals surface area contributed by atoms with Gasteiger partial charge in [0.1, 0.15) is 0 Å². The molecule has 0 saturated heterocycles. The summed E-state index contributed by atoms with van der Waals surface area (Å²) >= 11 is 0. The Morgan fingerprint density at radius 1 is 1.41 bits per heavy atom. The Balaban J connectivity index is 2.52. The molecular formula is C13H9F3N4O2. The minimum absolute atomic E-state index is 0.117. The zero-order chi connectivity index (χ0) is 16.5. The molecule has 1 unspecified atom stereocenters. The second kappa shape index (κ2) is 5.14. The molecule has 2 amide bonds. The van der Waals surface area contributed by atoms with Gasteiger partial charge >= 0.3 is 6.18 Å². The quantitative estimate of drug-likeness (QED) is 0.853. The van der Waals surface area contributed by atoms with Crippen LogP contribution in [-0.2, 0) is 4.79 Å². The van der Waals surface area contributed by atoms with Crippen molar-refractivity contribution >= 4 is 11.8 Å². The molecule has 22 heavy (non-hydrogen) atoms. The first-order valence-corrected chi connectivity index (χ1v) is 5.96. The number of carbonyl (C=O) groups is 2. The fourth-order valence-electron chi connectivity index (χ4n) is 2.10. The Morgan fingerprint density at radius 3 is 2.50 bits per heavy atom. The van der Waals surface area contributed by atoms with Gasteiger partial charge in [-0.1, -0.05) is 0 Å². The molecule has 2 heterocycles. The number of nitrogens with one attached hydrogen (secondary N) is 2. The zero-order valence-corrected chi connectivity index (χ0v) is 11.2. The van der Waals surface area contributed by atoms with Crippen LogP contribution in [0.3, 0.4) is 0 Å². The number of carbonyl (C=O) groups excluding carboxylic acids is 2. The average Bonchev–Trinajstić information content (AvgIpc) is 2.70.